The molecule has 0 bridgehead atoms. The Morgan fingerprint density at radius 2 is 1.70 bits per heavy atom. The van der Waals surface area contributed by atoms with Gasteiger partial charge in [0.15, 0.2) is 0 Å². The number of carbonyl (C=O) groups excluding carboxylic acids is 1. The number of rotatable bonds is 7. The van der Waals surface area contributed by atoms with Crippen LogP contribution in [0, 0.1) is 11.2 Å². The van der Waals surface area contributed by atoms with Crippen LogP contribution in [-0.4, -0.2) is 20.2 Å². The van der Waals surface area contributed by atoms with E-state index in [0.29, 0.717) is 11.3 Å². The molecule has 0 fully saturated rings. The van der Waals surface area contributed by atoms with Crippen LogP contribution in [0.25, 0.3) is 11.1 Å². The van der Waals surface area contributed by atoms with Gasteiger partial charge in [0.05, 0.1) is 16.1 Å². The minimum absolute atomic E-state index is 0.0382. The SMILES string of the molecule is N=C(N)c1cccc(Oc2ccc(N)cc2C(=O)Nc2ccc(-c3ccccc3S(N)(=O)=O)cc2F)c1. The molecule has 1 amide bonds. The maximum atomic E-state index is 15.0. The van der Waals surface area contributed by atoms with Crippen LogP contribution < -0.4 is 26.7 Å². The average molecular weight is 520 g/mol. The molecule has 4 rings (SSSR count). The highest BCUT2D eigenvalue weighted by Crippen LogP contribution is 2.31. The van der Waals surface area contributed by atoms with Gasteiger partial charge in [0.1, 0.15) is 23.2 Å². The van der Waals surface area contributed by atoms with Crippen molar-refractivity contribution >= 4 is 33.1 Å². The Morgan fingerprint density at radius 3 is 2.41 bits per heavy atom. The van der Waals surface area contributed by atoms with Crippen molar-refractivity contribution in [3.05, 3.63) is 102 Å². The van der Waals surface area contributed by atoms with Crippen LogP contribution in [0.3, 0.4) is 0 Å². The molecule has 0 spiro atoms. The summed E-state index contributed by atoms with van der Waals surface area (Å²) in [5, 5.41) is 15.3. The second-order valence-electron chi connectivity index (χ2n) is 7.99. The third-order valence-electron chi connectivity index (χ3n) is 5.34. The second kappa shape index (κ2) is 10.1. The number of nitrogens with one attached hydrogen (secondary N) is 2. The molecule has 0 aliphatic heterocycles. The van der Waals surface area contributed by atoms with E-state index in [9.17, 15) is 13.2 Å². The van der Waals surface area contributed by atoms with E-state index in [1.54, 1.807) is 30.3 Å². The monoisotopic (exact) mass is 519 g/mol. The van der Waals surface area contributed by atoms with E-state index in [2.05, 4.69) is 5.32 Å². The molecule has 37 heavy (non-hydrogen) atoms. The normalized spacial score (nSPS) is 11.1. The first-order valence-electron chi connectivity index (χ1n) is 10.8. The fraction of sp³-hybridized carbons (Fsp3) is 0. The number of amidine groups is 1. The summed E-state index contributed by atoms with van der Waals surface area (Å²) in [7, 11) is -4.04. The molecule has 0 aliphatic rings. The molecular weight excluding hydrogens is 497 g/mol. The summed E-state index contributed by atoms with van der Waals surface area (Å²) in [6, 6.07) is 20.7. The Balaban J connectivity index is 1.63. The first-order chi connectivity index (χ1) is 17.5. The third kappa shape index (κ3) is 5.74. The number of benzene rings is 4. The topological polar surface area (TPSA) is 174 Å². The van der Waals surface area contributed by atoms with Crippen molar-refractivity contribution in [1.29, 1.82) is 5.41 Å². The minimum atomic E-state index is -4.04. The summed E-state index contributed by atoms with van der Waals surface area (Å²) in [6.45, 7) is 0. The van der Waals surface area contributed by atoms with Crippen LogP contribution in [0.4, 0.5) is 15.8 Å². The lowest BCUT2D eigenvalue weighted by atomic mass is 10.0. The van der Waals surface area contributed by atoms with E-state index in [1.807, 2.05) is 0 Å². The van der Waals surface area contributed by atoms with Gasteiger partial charge in [-0.25, -0.2) is 17.9 Å². The zero-order chi connectivity index (χ0) is 26.7. The highest BCUT2D eigenvalue weighted by Gasteiger charge is 2.19. The number of nitrogen functional groups attached to an aromatic ring is 2. The largest absolute Gasteiger partial charge is 0.457 e. The summed E-state index contributed by atoms with van der Waals surface area (Å²) >= 11 is 0. The molecule has 0 atom stereocenters. The predicted molar refractivity (Wildman–Crippen MR) is 140 cm³/mol. The van der Waals surface area contributed by atoms with E-state index in [4.69, 9.17) is 26.8 Å². The van der Waals surface area contributed by atoms with Crippen molar-refractivity contribution < 1.29 is 22.3 Å². The molecule has 0 aliphatic carbocycles. The van der Waals surface area contributed by atoms with Crippen molar-refractivity contribution in [1.82, 2.24) is 0 Å². The van der Waals surface area contributed by atoms with Gasteiger partial charge in [0.25, 0.3) is 5.91 Å². The predicted octanol–water partition coefficient (Wildman–Crippen LogP) is 4.05. The van der Waals surface area contributed by atoms with E-state index >= 15 is 4.39 Å². The standard InChI is InChI=1S/C26H22FN5O4S/c27-21-13-15(19-6-1-2-7-24(19)37(31,34)35)8-10-22(21)32-26(33)20-14-17(28)9-11-23(20)36-18-5-3-4-16(12-18)25(29)30/h1-14H,28H2,(H3,29,30)(H,32,33)(H2,31,34,35). The molecule has 9 nitrogen and oxygen atoms in total. The van der Waals surface area contributed by atoms with Gasteiger partial charge < -0.3 is 21.5 Å². The lowest BCUT2D eigenvalue weighted by Gasteiger charge is -2.14. The summed E-state index contributed by atoms with van der Waals surface area (Å²) in [6.07, 6.45) is 0. The first-order valence-corrected chi connectivity index (χ1v) is 12.3. The van der Waals surface area contributed by atoms with Crippen LogP contribution in [0.1, 0.15) is 15.9 Å². The number of nitrogens with two attached hydrogens (primary N) is 3. The molecule has 4 aromatic rings. The number of sulfonamides is 1. The Morgan fingerprint density at radius 1 is 0.946 bits per heavy atom. The van der Waals surface area contributed by atoms with Gasteiger partial charge in [-0.3, -0.25) is 10.2 Å². The van der Waals surface area contributed by atoms with Gasteiger partial charge in [-0.2, -0.15) is 0 Å². The number of hydrogen-bond acceptors (Lipinski definition) is 6. The molecule has 0 aromatic heterocycles. The Labute approximate surface area is 212 Å². The maximum Gasteiger partial charge on any atom is 0.259 e. The molecule has 188 valence electrons. The Kier molecular flexibility index (Phi) is 6.92. The van der Waals surface area contributed by atoms with Crippen LogP contribution in [0.5, 0.6) is 11.5 Å². The summed E-state index contributed by atoms with van der Waals surface area (Å²) < 4.78 is 44.7. The molecular formula is C26H22FN5O4S. The number of anilines is 2. The highest BCUT2D eigenvalue weighted by molar-refractivity contribution is 7.89. The van der Waals surface area contributed by atoms with Crippen molar-refractivity contribution in [2.75, 3.05) is 11.1 Å². The number of halogens is 1. The summed E-state index contributed by atoms with van der Waals surface area (Å²) in [5.74, 6) is -1.16. The van der Waals surface area contributed by atoms with E-state index < -0.39 is 21.7 Å². The first kappa shape index (κ1) is 25.4. The molecule has 0 unspecified atom stereocenters. The molecule has 4 aromatic carbocycles. The maximum absolute atomic E-state index is 15.0. The van der Waals surface area contributed by atoms with Gasteiger partial charge in [0, 0.05) is 16.8 Å². The van der Waals surface area contributed by atoms with Crippen LogP contribution in [-0.2, 0) is 10.0 Å². The quantitative estimate of drug-likeness (QED) is 0.140. The lowest BCUT2D eigenvalue weighted by Crippen LogP contribution is -2.15. The van der Waals surface area contributed by atoms with Crippen molar-refractivity contribution in [2.45, 2.75) is 4.90 Å². The van der Waals surface area contributed by atoms with Crippen LogP contribution >= 0.6 is 0 Å². The average Bonchev–Trinajstić information content (AvgIpc) is 2.86. The fourth-order valence-corrected chi connectivity index (χ4v) is 4.36. The van der Waals surface area contributed by atoms with Crippen LogP contribution in [0.2, 0.25) is 0 Å². The number of carbonyl (C=O) groups is 1. The Hall–Kier alpha value is -4.74. The number of primary sulfonamides is 1. The number of hydrogen-bond donors (Lipinski definition) is 5. The van der Waals surface area contributed by atoms with Crippen molar-refractivity contribution in [2.24, 2.45) is 10.9 Å². The molecule has 0 radical (unpaired) electrons. The van der Waals surface area contributed by atoms with Gasteiger partial charge in [-0.1, -0.05) is 36.4 Å². The minimum Gasteiger partial charge on any atom is -0.457 e. The van der Waals surface area contributed by atoms with Gasteiger partial charge in [-0.15, -0.1) is 0 Å². The van der Waals surface area contributed by atoms with Crippen molar-refractivity contribution in [3.63, 3.8) is 0 Å². The third-order valence-corrected chi connectivity index (χ3v) is 6.31. The fourth-order valence-electron chi connectivity index (χ4n) is 3.60. The lowest BCUT2D eigenvalue weighted by molar-refractivity contribution is 0.102. The molecule has 0 heterocycles. The van der Waals surface area contributed by atoms with Gasteiger partial charge >= 0.3 is 0 Å². The molecule has 0 saturated heterocycles. The Bertz CT molecular complexity index is 1640. The molecule has 11 heteroatoms. The zero-order valence-corrected chi connectivity index (χ0v) is 20.1. The van der Waals surface area contributed by atoms with E-state index in [1.165, 1.54) is 48.5 Å². The van der Waals surface area contributed by atoms with Gasteiger partial charge in [0.2, 0.25) is 10.0 Å². The van der Waals surface area contributed by atoms with Crippen molar-refractivity contribution in [3.8, 4) is 22.6 Å². The zero-order valence-electron chi connectivity index (χ0n) is 19.2. The second-order valence-corrected chi connectivity index (χ2v) is 9.52. The number of ether oxygens (including phenoxy) is 1. The molecule has 8 N–H and O–H groups in total. The van der Waals surface area contributed by atoms with Crippen LogP contribution in [0.15, 0.2) is 89.8 Å². The summed E-state index contributed by atoms with van der Waals surface area (Å²) in [5.41, 5.74) is 12.5. The number of amides is 1. The highest BCUT2D eigenvalue weighted by atomic mass is 32.2. The van der Waals surface area contributed by atoms with E-state index in [-0.39, 0.29) is 44.5 Å². The van der Waals surface area contributed by atoms with Gasteiger partial charge in [-0.05, 0) is 54.1 Å². The summed E-state index contributed by atoms with van der Waals surface area (Å²) in [4.78, 5) is 12.9. The smallest absolute Gasteiger partial charge is 0.259 e. The van der Waals surface area contributed by atoms with E-state index in [0.717, 1.165) is 6.07 Å². The molecule has 0 saturated carbocycles.